The van der Waals surface area contributed by atoms with Crippen LogP contribution in [0.3, 0.4) is 0 Å². The third-order valence-corrected chi connectivity index (χ3v) is 7.38. The van der Waals surface area contributed by atoms with E-state index in [0.717, 1.165) is 18.7 Å². The molecular weight excluding hydrogens is 378 g/mol. The number of fused-ring (bicyclic) bond motifs is 1. The van der Waals surface area contributed by atoms with Gasteiger partial charge in [-0.25, -0.2) is 0 Å². The molecule has 0 spiro atoms. The second-order valence-corrected chi connectivity index (χ2v) is 9.20. The SMILES string of the molecule is O=C(c1ccccc1)C1CN(Cc2ccccc2)C2CCCCC2C1c1ccccc1. The predicted molar refractivity (Wildman–Crippen MR) is 126 cm³/mol. The van der Waals surface area contributed by atoms with Crippen LogP contribution in [-0.4, -0.2) is 23.3 Å². The normalized spacial score (nSPS) is 26.2. The van der Waals surface area contributed by atoms with Gasteiger partial charge in [0.15, 0.2) is 5.78 Å². The van der Waals surface area contributed by atoms with E-state index in [1.165, 1.54) is 36.8 Å². The Morgan fingerprint density at radius 1 is 0.774 bits per heavy atom. The fourth-order valence-electron chi connectivity index (χ4n) is 6.03. The summed E-state index contributed by atoms with van der Waals surface area (Å²) in [5.74, 6) is 1.13. The molecule has 31 heavy (non-hydrogen) atoms. The van der Waals surface area contributed by atoms with Crippen LogP contribution in [0, 0.1) is 11.8 Å². The summed E-state index contributed by atoms with van der Waals surface area (Å²) in [5, 5.41) is 0. The fourth-order valence-corrected chi connectivity index (χ4v) is 6.03. The highest BCUT2D eigenvalue weighted by Crippen LogP contribution is 2.48. The van der Waals surface area contributed by atoms with Crippen LogP contribution in [0.5, 0.6) is 0 Å². The Bertz CT molecular complexity index is 985. The Morgan fingerprint density at radius 3 is 2.10 bits per heavy atom. The molecule has 2 aliphatic rings. The summed E-state index contributed by atoms with van der Waals surface area (Å²) in [6, 6.07) is 32.1. The van der Waals surface area contributed by atoms with Gasteiger partial charge in [-0.15, -0.1) is 0 Å². The Labute approximate surface area is 185 Å². The largest absolute Gasteiger partial charge is 0.295 e. The van der Waals surface area contributed by atoms with Crippen molar-refractivity contribution in [1.29, 1.82) is 0 Å². The average Bonchev–Trinajstić information content (AvgIpc) is 2.85. The van der Waals surface area contributed by atoms with Gasteiger partial charge in [-0.3, -0.25) is 9.69 Å². The van der Waals surface area contributed by atoms with E-state index >= 15 is 0 Å². The quantitative estimate of drug-likeness (QED) is 0.458. The predicted octanol–water partition coefficient (Wildman–Crippen LogP) is 6.34. The molecule has 2 heteroatoms. The summed E-state index contributed by atoms with van der Waals surface area (Å²) in [6.45, 7) is 1.77. The standard InChI is InChI=1S/C29H31NO/c31-29(24-16-8-3-9-17-24)26-21-30(20-22-12-4-1-5-13-22)27-19-11-10-18-25(27)28(26)23-14-6-2-7-15-23/h1-9,12-17,25-28H,10-11,18-21H2. The maximum atomic E-state index is 13.8. The Hall–Kier alpha value is -2.71. The molecule has 1 aliphatic carbocycles. The maximum absolute atomic E-state index is 13.8. The number of ketones is 1. The number of rotatable bonds is 5. The molecule has 158 valence electrons. The van der Waals surface area contributed by atoms with Gasteiger partial charge in [-0.1, -0.05) is 104 Å². The van der Waals surface area contributed by atoms with Gasteiger partial charge in [0.25, 0.3) is 0 Å². The lowest BCUT2D eigenvalue weighted by Crippen LogP contribution is -2.54. The first kappa shape index (κ1) is 20.2. The van der Waals surface area contributed by atoms with Crippen molar-refractivity contribution >= 4 is 5.78 Å². The molecule has 3 aromatic rings. The summed E-state index contributed by atoms with van der Waals surface area (Å²) in [7, 11) is 0. The van der Waals surface area contributed by atoms with Crippen LogP contribution in [0.4, 0.5) is 0 Å². The minimum absolute atomic E-state index is 0.00661. The molecule has 1 heterocycles. The second-order valence-electron chi connectivity index (χ2n) is 9.20. The molecule has 0 N–H and O–H groups in total. The van der Waals surface area contributed by atoms with Crippen LogP contribution in [-0.2, 0) is 6.54 Å². The Kier molecular flexibility index (Phi) is 5.99. The monoisotopic (exact) mass is 409 g/mol. The van der Waals surface area contributed by atoms with Gasteiger partial charge in [0.05, 0.1) is 0 Å². The van der Waals surface area contributed by atoms with Crippen molar-refractivity contribution in [3.05, 3.63) is 108 Å². The van der Waals surface area contributed by atoms with E-state index in [2.05, 4.69) is 65.6 Å². The lowest BCUT2D eigenvalue weighted by Gasteiger charge is -2.51. The highest BCUT2D eigenvalue weighted by molar-refractivity contribution is 5.98. The minimum atomic E-state index is -0.00661. The molecule has 1 aliphatic heterocycles. The highest BCUT2D eigenvalue weighted by Gasteiger charge is 2.47. The maximum Gasteiger partial charge on any atom is 0.167 e. The van der Waals surface area contributed by atoms with E-state index < -0.39 is 0 Å². The molecule has 5 rings (SSSR count). The molecule has 2 nitrogen and oxygen atoms in total. The molecule has 4 unspecified atom stereocenters. The molecule has 0 bridgehead atoms. The number of hydrogen-bond donors (Lipinski definition) is 0. The van der Waals surface area contributed by atoms with E-state index in [9.17, 15) is 4.79 Å². The number of benzene rings is 3. The number of nitrogens with zero attached hydrogens (tertiary/aromatic N) is 1. The van der Waals surface area contributed by atoms with Gasteiger partial charge in [0.2, 0.25) is 0 Å². The number of carbonyl (C=O) groups excluding carboxylic acids is 1. The molecule has 3 aromatic carbocycles. The molecule has 1 saturated carbocycles. The average molecular weight is 410 g/mol. The van der Waals surface area contributed by atoms with Crippen molar-refractivity contribution in [3.63, 3.8) is 0 Å². The number of likely N-dealkylation sites (tertiary alicyclic amines) is 1. The molecule has 0 amide bonds. The molecule has 2 fully saturated rings. The Balaban J connectivity index is 1.53. The first-order valence-corrected chi connectivity index (χ1v) is 11.7. The van der Waals surface area contributed by atoms with Gasteiger partial charge in [-0.2, -0.15) is 0 Å². The smallest absolute Gasteiger partial charge is 0.167 e. The van der Waals surface area contributed by atoms with Crippen LogP contribution in [0.2, 0.25) is 0 Å². The van der Waals surface area contributed by atoms with Gasteiger partial charge in [0.1, 0.15) is 0 Å². The second kappa shape index (κ2) is 9.20. The molecular formula is C29H31NO. The van der Waals surface area contributed by atoms with Crippen LogP contribution >= 0.6 is 0 Å². The summed E-state index contributed by atoms with van der Waals surface area (Å²) in [4.78, 5) is 16.5. The number of hydrogen-bond acceptors (Lipinski definition) is 2. The van der Waals surface area contributed by atoms with Crippen molar-refractivity contribution < 1.29 is 4.79 Å². The number of Topliss-reactive ketones (excluding diaryl/α,β-unsaturated/α-hetero) is 1. The van der Waals surface area contributed by atoms with E-state index in [-0.39, 0.29) is 5.92 Å². The molecule has 0 radical (unpaired) electrons. The van der Waals surface area contributed by atoms with Crippen molar-refractivity contribution in [2.24, 2.45) is 11.8 Å². The zero-order valence-corrected chi connectivity index (χ0v) is 18.1. The first-order valence-electron chi connectivity index (χ1n) is 11.7. The Morgan fingerprint density at radius 2 is 1.39 bits per heavy atom. The minimum Gasteiger partial charge on any atom is -0.295 e. The van der Waals surface area contributed by atoms with E-state index in [4.69, 9.17) is 0 Å². The van der Waals surface area contributed by atoms with Gasteiger partial charge in [0, 0.05) is 30.6 Å². The van der Waals surface area contributed by atoms with E-state index in [1.54, 1.807) is 0 Å². The van der Waals surface area contributed by atoms with Crippen molar-refractivity contribution in [2.45, 2.75) is 44.2 Å². The third kappa shape index (κ3) is 4.22. The molecule has 4 atom stereocenters. The fraction of sp³-hybridized carbons (Fsp3) is 0.345. The van der Waals surface area contributed by atoms with Gasteiger partial charge < -0.3 is 0 Å². The lowest BCUT2D eigenvalue weighted by molar-refractivity contribution is 0.00725. The summed E-state index contributed by atoms with van der Waals surface area (Å²) < 4.78 is 0. The van der Waals surface area contributed by atoms with Crippen LogP contribution in [0.1, 0.15) is 53.1 Å². The number of piperidine rings is 1. The molecule has 1 saturated heterocycles. The summed E-state index contributed by atoms with van der Waals surface area (Å²) in [5.41, 5.74) is 3.53. The summed E-state index contributed by atoms with van der Waals surface area (Å²) >= 11 is 0. The van der Waals surface area contributed by atoms with Crippen molar-refractivity contribution in [3.8, 4) is 0 Å². The summed E-state index contributed by atoms with van der Waals surface area (Å²) in [6.07, 6.45) is 5.03. The van der Waals surface area contributed by atoms with Crippen LogP contribution in [0.25, 0.3) is 0 Å². The van der Waals surface area contributed by atoms with Crippen LogP contribution < -0.4 is 0 Å². The molecule has 0 aromatic heterocycles. The van der Waals surface area contributed by atoms with Gasteiger partial charge >= 0.3 is 0 Å². The van der Waals surface area contributed by atoms with E-state index in [0.29, 0.717) is 23.7 Å². The lowest BCUT2D eigenvalue weighted by atomic mass is 9.63. The number of carbonyl (C=O) groups is 1. The first-order chi connectivity index (χ1) is 15.3. The zero-order chi connectivity index (χ0) is 21.0. The van der Waals surface area contributed by atoms with E-state index in [1.807, 2.05) is 30.3 Å². The zero-order valence-electron chi connectivity index (χ0n) is 18.1. The highest BCUT2D eigenvalue weighted by atomic mass is 16.1. The topological polar surface area (TPSA) is 20.3 Å². The van der Waals surface area contributed by atoms with Crippen molar-refractivity contribution in [1.82, 2.24) is 4.90 Å². The van der Waals surface area contributed by atoms with Gasteiger partial charge in [-0.05, 0) is 35.8 Å². The van der Waals surface area contributed by atoms with Crippen LogP contribution in [0.15, 0.2) is 91.0 Å². The van der Waals surface area contributed by atoms with Crippen molar-refractivity contribution in [2.75, 3.05) is 6.54 Å². The third-order valence-electron chi connectivity index (χ3n) is 7.38.